The average molecular weight is 410 g/mol. The predicted octanol–water partition coefficient (Wildman–Crippen LogP) is 4.52. The molecule has 2 aromatic rings. The van der Waals surface area contributed by atoms with Crippen LogP contribution < -0.4 is 5.32 Å². The Balaban J connectivity index is 1.66. The van der Waals surface area contributed by atoms with Gasteiger partial charge < -0.3 is 10.1 Å². The summed E-state index contributed by atoms with van der Waals surface area (Å²) in [6.45, 7) is 0.226. The van der Waals surface area contributed by atoms with E-state index in [-0.39, 0.29) is 18.1 Å². The molecule has 1 amide bonds. The Kier molecular flexibility index (Phi) is 8.88. The smallest absolute Gasteiger partial charge is 0.340 e. The summed E-state index contributed by atoms with van der Waals surface area (Å²) in [5.41, 5.74) is 0.269. The van der Waals surface area contributed by atoms with Gasteiger partial charge in [-0.05, 0) is 48.8 Å². The van der Waals surface area contributed by atoms with Gasteiger partial charge in [0, 0.05) is 16.3 Å². The Labute approximate surface area is 167 Å². The van der Waals surface area contributed by atoms with Gasteiger partial charge >= 0.3 is 5.97 Å². The fourth-order valence-electron chi connectivity index (χ4n) is 2.05. The summed E-state index contributed by atoms with van der Waals surface area (Å²) in [7, 11) is 0. The van der Waals surface area contributed by atoms with E-state index in [1.165, 1.54) is 16.7 Å². The first-order valence-corrected chi connectivity index (χ1v) is 10.6. The van der Waals surface area contributed by atoms with Crippen molar-refractivity contribution in [3.63, 3.8) is 0 Å². The number of ether oxygens (including phenoxy) is 1. The molecule has 2 rings (SSSR count). The molecule has 1 N–H and O–H groups in total. The number of esters is 1. The second-order valence-corrected chi connectivity index (χ2v) is 7.74. The number of rotatable bonds is 9. The van der Waals surface area contributed by atoms with Crippen molar-refractivity contribution in [1.82, 2.24) is 5.32 Å². The molecule has 0 saturated carbocycles. The lowest BCUT2D eigenvalue weighted by atomic mass is 10.2. The maximum absolute atomic E-state index is 12.1. The van der Waals surface area contributed by atoms with Crippen LogP contribution in [0.15, 0.2) is 58.3 Å². The van der Waals surface area contributed by atoms with Crippen molar-refractivity contribution in [1.29, 1.82) is 0 Å². The zero-order chi connectivity index (χ0) is 18.8. The molecule has 0 aliphatic rings. The molecule has 0 atom stereocenters. The van der Waals surface area contributed by atoms with Crippen LogP contribution in [0.25, 0.3) is 0 Å². The van der Waals surface area contributed by atoms with Gasteiger partial charge in [0.1, 0.15) is 0 Å². The third-order valence-electron chi connectivity index (χ3n) is 3.38. The quantitative estimate of drug-likeness (QED) is 0.375. The van der Waals surface area contributed by atoms with E-state index in [1.807, 2.05) is 30.5 Å². The van der Waals surface area contributed by atoms with Crippen LogP contribution in [0.5, 0.6) is 0 Å². The van der Waals surface area contributed by atoms with Crippen LogP contribution >= 0.6 is 35.1 Å². The van der Waals surface area contributed by atoms with Crippen LogP contribution in [0.1, 0.15) is 16.8 Å². The molecule has 0 aliphatic heterocycles. The summed E-state index contributed by atoms with van der Waals surface area (Å²) < 4.78 is 5.05. The Hall–Kier alpha value is -1.63. The maximum Gasteiger partial charge on any atom is 0.340 e. The molecule has 0 saturated heterocycles. The van der Waals surface area contributed by atoms with Crippen molar-refractivity contribution in [3.05, 3.63) is 59.1 Å². The summed E-state index contributed by atoms with van der Waals surface area (Å²) in [6.07, 6.45) is 2.74. The minimum absolute atomic E-state index is 0.269. The summed E-state index contributed by atoms with van der Waals surface area (Å²) in [5.74, 6) is -0.0119. The van der Waals surface area contributed by atoms with Gasteiger partial charge in [-0.2, -0.15) is 0 Å². The Morgan fingerprint density at radius 1 is 1.12 bits per heavy atom. The number of carbonyl (C=O) groups excluding carboxylic acids is 2. The molecular formula is C19H20ClNO3S2. The van der Waals surface area contributed by atoms with Crippen LogP contribution in [0.4, 0.5) is 0 Å². The van der Waals surface area contributed by atoms with E-state index in [4.69, 9.17) is 16.3 Å². The van der Waals surface area contributed by atoms with Gasteiger partial charge in [0.15, 0.2) is 6.61 Å². The minimum Gasteiger partial charge on any atom is -0.452 e. The fourth-order valence-corrected chi connectivity index (χ4v) is 3.56. The summed E-state index contributed by atoms with van der Waals surface area (Å²) in [4.78, 5) is 26.0. The van der Waals surface area contributed by atoms with Gasteiger partial charge in [-0.25, -0.2) is 4.79 Å². The second-order valence-electron chi connectivity index (χ2n) is 5.29. The number of nitrogens with one attached hydrogen (secondary N) is 1. The van der Waals surface area contributed by atoms with E-state index in [0.717, 1.165) is 17.1 Å². The van der Waals surface area contributed by atoms with Gasteiger partial charge in [0.25, 0.3) is 5.91 Å². The molecule has 0 radical (unpaired) electrons. The van der Waals surface area contributed by atoms with E-state index < -0.39 is 5.97 Å². The molecule has 0 heterocycles. The first-order valence-electron chi connectivity index (χ1n) is 8.05. The maximum atomic E-state index is 12.1. The van der Waals surface area contributed by atoms with Crippen LogP contribution in [0, 0.1) is 0 Å². The highest BCUT2D eigenvalue weighted by atomic mass is 35.5. The van der Waals surface area contributed by atoms with Crippen LogP contribution in [-0.2, 0) is 9.53 Å². The van der Waals surface area contributed by atoms with E-state index in [9.17, 15) is 9.59 Å². The highest BCUT2D eigenvalue weighted by molar-refractivity contribution is 7.99. The molecule has 0 unspecified atom stereocenters. The lowest BCUT2D eigenvalue weighted by Gasteiger charge is -2.08. The van der Waals surface area contributed by atoms with Gasteiger partial charge in [-0.15, -0.1) is 23.5 Å². The second kappa shape index (κ2) is 11.2. The van der Waals surface area contributed by atoms with Crippen LogP contribution in [0.3, 0.4) is 0 Å². The zero-order valence-corrected chi connectivity index (χ0v) is 16.8. The van der Waals surface area contributed by atoms with E-state index in [1.54, 1.807) is 23.9 Å². The van der Waals surface area contributed by atoms with Crippen molar-refractivity contribution in [2.75, 3.05) is 25.2 Å². The number of hydrogen-bond acceptors (Lipinski definition) is 5. The molecule has 0 fully saturated rings. The van der Waals surface area contributed by atoms with E-state index in [2.05, 4.69) is 17.4 Å². The SMILES string of the molecule is CSc1ccc(Cl)c(C(=O)OCC(=O)NCCCSc2ccccc2)c1. The molecule has 0 spiro atoms. The monoisotopic (exact) mass is 409 g/mol. The minimum atomic E-state index is -0.597. The topological polar surface area (TPSA) is 55.4 Å². The fraction of sp³-hybridized carbons (Fsp3) is 0.263. The standard InChI is InChI=1S/C19H20ClNO3S2/c1-25-15-8-9-17(20)16(12-15)19(23)24-13-18(22)21-10-5-11-26-14-6-3-2-4-7-14/h2-4,6-9,12H,5,10-11,13H2,1H3,(H,21,22). The van der Waals surface area contributed by atoms with Crippen molar-refractivity contribution in [2.45, 2.75) is 16.2 Å². The summed E-state index contributed by atoms with van der Waals surface area (Å²) in [5, 5.41) is 3.06. The average Bonchev–Trinajstić information content (AvgIpc) is 2.67. The third kappa shape index (κ3) is 6.94. The third-order valence-corrected chi connectivity index (χ3v) is 5.54. The van der Waals surface area contributed by atoms with Crippen molar-refractivity contribution >= 4 is 47.0 Å². The normalized spacial score (nSPS) is 10.4. The van der Waals surface area contributed by atoms with Gasteiger partial charge in [-0.3, -0.25) is 4.79 Å². The Bertz CT molecular complexity index is 741. The Morgan fingerprint density at radius 2 is 1.88 bits per heavy atom. The van der Waals surface area contributed by atoms with E-state index in [0.29, 0.717) is 11.6 Å². The Morgan fingerprint density at radius 3 is 2.62 bits per heavy atom. The highest BCUT2D eigenvalue weighted by Crippen LogP contribution is 2.23. The molecule has 7 heteroatoms. The first kappa shape index (κ1) is 20.7. The largest absolute Gasteiger partial charge is 0.452 e. The first-order chi connectivity index (χ1) is 12.6. The molecule has 0 aromatic heterocycles. The van der Waals surface area contributed by atoms with Gasteiger partial charge in [-0.1, -0.05) is 29.8 Å². The highest BCUT2D eigenvalue weighted by Gasteiger charge is 2.14. The number of benzene rings is 2. The molecular weight excluding hydrogens is 390 g/mol. The molecule has 0 bridgehead atoms. The van der Waals surface area contributed by atoms with Gasteiger partial charge in [0.2, 0.25) is 0 Å². The molecule has 26 heavy (non-hydrogen) atoms. The zero-order valence-electron chi connectivity index (χ0n) is 14.4. The number of thioether (sulfide) groups is 2. The lowest BCUT2D eigenvalue weighted by Crippen LogP contribution is -2.29. The number of carbonyl (C=O) groups is 2. The van der Waals surface area contributed by atoms with Crippen molar-refractivity contribution in [3.8, 4) is 0 Å². The number of halogens is 1. The summed E-state index contributed by atoms with van der Waals surface area (Å²) in [6, 6.07) is 15.2. The van der Waals surface area contributed by atoms with E-state index >= 15 is 0 Å². The molecule has 2 aromatic carbocycles. The van der Waals surface area contributed by atoms with Crippen LogP contribution in [-0.4, -0.2) is 37.0 Å². The van der Waals surface area contributed by atoms with Crippen molar-refractivity contribution in [2.24, 2.45) is 0 Å². The molecule has 0 aliphatic carbocycles. The lowest BCUT2D eigenvalue weighted by molar-refractivity contribution is -0.124. The van der Waals surface area contributed by atoms with Crippen LogP contribution in [0.2, 0.25) is 5.02 Å². The molecule has 4 nitrogen and oxygen atoms in total. The van der Waals surface area contributed by atoms with Crippen molar-refractivity contribution < 1.29 is 14.3 Å². The number of amides is 1. The summed E-state index contributed by atoms with van der Waals surface area (Å²) >= 11 is 9.26. The number of hydrogen-bond donors (Lipinski definition) is 1. The molecule has 138 valence electrons. The predicted molar refractivity (Wildman–Crippen MR) is 108 cm³/mol. The van der Waals surface area contributed by atoms with Gasteiger partial charge in [0.05, 0.1) is 10.6 Å².